The summed E-state index contributed by atoms with van der Waals surface area (Å²) in [5.41, 5.74) is 0.281. The lowest BCUT2D eigenvalue weighted by atomic mass is 10.3. The minimum absolute atomic E-state index is 0.0559. The highest BCUT2D eigenvalue weighted by molar-refractivity contribution is 9.10. The van der Waals surface area contributed by atoms with Crippen LogP contribution in [0.25, 0.3) is 0 Å². The third kappa shape index (κ3) is 4.43. The van der Waals surface area contributed by atoms with Crippen LogP contribution in [0, 0.1) is 0 Å². The van der Waals surface area contributed by atoms with E-state index in [1.807, 2.05) is 0 Å². The summed E-state index contributed by atoms with van der Waals surface area (Å²) in [4.78, 5) is 17.2. The molecule has 0 radical (unpaired) electrons. The van der Waals surface area contributed by atoms with Crippen LogP contribution in [0.1, 0.15) is 10.5 Å². The second kappa shape index (κ2) is 5.59. The van der Waals surface area contributed by atoms with Gasteiger partial charge in [0.15, 0.2) is 0 Å². The molecule has 0 unspecified atom stereocenters. The van der Waals surface area contributed by atoms with E-state index in [0.717, 1.165) is 6.26 Å². The van der Waals surface area contributed by atoms with E-state index in [2.05, 4.69) is 20.9 Å². The zero-order valence-electron chi connectivity index (χ0n) is 9.55. The third-order valence-corrected chi connectivity index (χ3v) is 3.67. The lowest BCUT2D eigenvalue weighted by molar-refractivity contribution is 0.0796. The van der Waals surface area contributed by atoms with Crippen molar-refractivity contribution >= 4 is 31.7 Å². The largest absolute Gasteiger partial charge is 0.339 e. The van der Waals surface area contributed by atoms with Crippen molar-refractivity contribution in [2.24, 2.45) is 0 Å². The van der Waals surface area contributed by atoms with Gasteiger partial charge < -0.3 is 4.90 Å². The van der Waals surface area contributed by atoms with E-state index in [-0.39, 0.29) is 23.9 Å². The Hall–Kier alpha value is -0.950. The molecular weight excluding hydrogens is 308 g/mol. The van der Waals surface area contributed by atoms with Crippen LogP contribution >= 0.6 is 15.9 Å². The van der Waals surface area contributed by atoms with Crippen LogP contribution in [-0.4, -0.2) is 49.8 Å². The maximum Gasteiger partial charge on any atom is 0.273 e. The molecule has 1 amide bonds. The minimum atomic E-state index is -3.07. The average Bonchev–Trinajstić information content (AvgIpc) is 2.24. The van der Waals surface area contributed by atoms with E-state index in [1.165, 1.54) is 11.1 Å². The lowest BCUT2D eigenvalue weighted by Gasteiger charge is -2.16. The van der Waals surface area contributed by atoms with E-state index in [0.29, 0.717) is 4.47 Å². The van der Waals surface area contributed by atoms with Gasteiger partial charge in [0.25, 0.3) is 5.91 Å². The van der Waals surface area contributed by atoms with Crippen LogP contribution in [0.3, 0.4) is 0 Å². The fourth-order valence-electron chi connectivity index (χ4n) is 1.13. The second-order valence-corrected chi connectivity index (χ2v) is 6.80. The highest BCUT2D eigenvalue weighted by Gasteiger charge is 2.17. The number of hydrogen-bond acceptors (Lipinski definition) is 4. The Morgan fingerprint density at radius 3 is 2.71 bits per heavy atom. The maximum absolute atomic E-state index is 11.9. The molecule has 0 N–H and O–H groups in total. The van der Waals surface area contributed by atoms with Gasteiger partial charge in [0.05, 0.1) is 5.75 Å². The molecule has 94 valence electrons. The maximum atomic E-state index is 11.9. The number of carbonyl (C=O) groups excluding carboxylic acids is 1. The van der Waals surface area contributed by atoms with Crippen LogP contribution in [0.2, 0.25) is 0 Å². The highest BCUT2D eigenvalue weighted by Crippen LogP contribution is 2.14. The molecule has 7 heteroatoms. The number of nitrogens with zero attached hydrogens (tertiary/aromatic N) is 2. The van der Waals surface area contributed by atoms with Gasteiger partial charge in [0, 0.05) is 30.5 Å². The van der Waals surface area contributed by atoms with Gasteiger partial charge in [0.1, 0.15) is 15.5 Å². The predicted molar refractivity (Wildman–Crippen MR) is 68.6 cm³/mol. The fourth-order valence-corrected chi connectivity index (χ4v) is 2.16. The highest BCUT2D eigenvalue weighted by atomic mass is 79.9. The van der Waals surface area contributed by atoms with Crippen LogP contribution in [0.5, 0.6) is 0 Å². The topological polar surface area (TPSA) is 67.3 Å². The van der Waals surface area contributed by atoms with Gasteiger partial charge in [-0.3, -0.25) is 4.79 Å². The van der Waals surface area contributed by atoms with E-state index in [9.17, 15) is 13.2 Å². The Kier molecular flexibility index (Phi) is 4.64. The van der Waals surface area contributed by atoms with Gasteiger partial charge in [-0.2, -0.15) is 0 Å². The van der Waals surface area contributed by atoms with Gasteiger partial charge in [-0.05, 0) is 28.1 Å². The zero-order chi connectivity index (χ0) is 13.1. The van der Waals surface area contributed by atoms with Gasteiger partial charge in [0.2, 0.25) is 0 Å². The number of aromatic nitrogens is 1. The van der Waals surface area contributed by atoms with Crippen molar-refractivity contribution < 1.29 is 13.2 Å². The average molecular weight is 321 g/mol. The van der Waals surface area contributed by atoms with Crippen molar-refractivity contribution in [1.29, 1.82) is 0 Å². The van der Waals surface area contributed by atoms with E-state index < -0.39 is 9.84 Å². The fraction of sp³-hybridized carbons (Fsp3) is 0.400. The van der Waals surface area contributed by atoms with Crippen molar-refractivity contribution in [3.63, 3.8) is 0 Å². The molecule has 1 aromatic rings. The molecular formula is C10H13BrN2O3S. The molecule has 0 aromatic carbocycles. The number of carbonyl (C=O) groups is 1. The summed E-state index contributed by atoms with van der Waals surface area (Å²) < 4.78 is 22.6. The van der Waals surface area contributed by atoms with Crippen molar-refractivity contribution in [3.8, 4) is 0 Å². The standard InChI is InChI=1S/C10H13BrN2O3S/c1-13(6-7-17(2,15)16)10(14)9-8(11)4-3-5-12-9/h3-5H,6-7H2,1-2H3. The summed E-state index contributed by atoms with van der Waals surface area (Å²) in [6.45, 7) is 0.153. The molecule has 1 aromatic heterocycles. The van der Waals surface area contributed by atoms with Crippen molar-refractivity contribution in [3.05, 3.63) is 28.5 Å². The molecule has 0 atom stereocenters. The SMILES string of the molecule is CN(CCS(C)(=O)=O)C(=O)c1ncccc1Br. The first-order valence-electron chi connectivity index (χ1n) is 4.85. The second-order valence-electron chi connectivity index (χ2n) is 3.69. The molecule has 0 saturated heterocycles. The summed E-state index contributed by atoms with van der Waals surface area (Å²) in [6.07, 6.45) is 2.66. The van der Waals surface area contributed by atoms with Crippen molar-refractivity contribution in [1.82, 2.24) is 9.88 Å². The molecule has 0 aliphatic carbocycles. The molecule has 0 aliphatic rings. The monoisotopic (exact) mass is 320 g/mol. The van der Waals surface area contributed by atoms with Crippen molar-refractivity contribution in [2.45, 2.75) is 0 Å². The summed E-state index contributed by atoms with van der Waals surface area (Å²) in [7, 11) is -1.52. The number of halogens is 1. The predicted octanol–water partition coefficient (Wildman–Crippen LogP) is 0.961. The summed E-state index contributed by atoms with van der Waals surface area (Å²) >= 11 is 3.23. The van der Waals surface area contributed by atoms with Gasteiger partial charge in [-0.1, -0.05) is 0 Å². The van der Waals surface area contributed by atoms with E-state index in [4.69, 9.17) is 0 Å². The molecule has 0 fully saturated rings. The number of hydrogen-bond donors (Lipinski definition) is 0. The first-order chi connectivity index (χ1) is 7.81. The van der Waals surface area contributed by atoms with Crippen LogP contribution < -0.4 is 0 Å². The summed E-state index contributed by atoms with van der Waals surface area (Å²) in [5, 5.41) is 0. The van der Waals surface area contributed by atoms with Crippen LogP contribution in [0.4, 0.5) is 0 Å². The summed E-state index contributed by atoms with van der Waals surface area (Å²) in [6, 6.07) is 3.42. The smallest absolute Gasteiger partial charge is 0.273 e. The molecule has 17 heavy (non-hydrogen) atoms. The normalized spacial score (nSPS) is 11.2. The van der Waals surface area contributed by atoms with Gasteiger partial charge >= 0.3 is 0 Å². The molecule has 0 spiro atoms. The Balaban J connectivity index is 2.74. The van der Waals surface area contributed by atoms with E-state index >= 15 is 0 Å². The van der Waals surface area contributed by atoms with Gasteiger partial charge in [-0.15, -0.1) is 0 Å². The lowest BCUT2D eigenvalue weighted by Crippen LogP contribution is -2.32. The quantitative estimate of drug-likeness (QED) is 0.828. The summed E-state index contributed by atoms with van der Waals surface area (Å²) in [5.74, 6) is -0.360. The number of sulfone groups is 1. The molecule has 5 nitrogen and oxygen atoms in total. The molecule has 0 bridgehead atoms. The Bertz CT molecular complexity index is 516. The first-order valence-corrected chi connectivity index (χ1v) is 7.70. The molecule has 1 rings (SSSR count). The van der Waals surface area contributed by atoms with Crippen LogP contribution in [0.15, 0.2) is 22.8 Å². The number of amides is 1. The Morgan fingerprint density at radius 1 is 1.53 bits per heavy atom. The Labute approximate surface area is 109 Å². The third-order valence-electron chi connectivity index (χ3n) is 2.11. The molecule has 0 saturated carbocycles. The minimum Gasteiger partial charge on any atom is -0.339 e. The number of rotatable bonds is 4. The first kappa shape index (κ1) is 14.1. The van der Waals surface area contributed by atoms with Crippen LogP contribution in [-0.2, 0) is 9.84 Å². The molecule has 0 aliphatic heterocycles. The van der Waals surface area contributed by atoms with E-state index in [1.54, 1.807) is 19.2 Å². The van der Waals surface area contributed by atoms with Crippen molar-refractivity contribution in [2.75, 3.05) is 25.6 Å². The Morgan fingerprint density at radius 2 is 2.18 bits per heavy atom. The number of pyridine rings is 1. The van der Waals surface area contributed by atoms with Gasteiger partial charge in [-0.25, -0.2) is 13.4 Å². The zero-order valence-corrected chi connectivity index (χ0v) is 12.0. The molecule has 1 heterocycles.